The van der Waals surface area contributed by atoms with Gasteiger partial charge in [-0.1, -0.05) is 30.3 Å². The van der Waals surface area contributed by atoms with E-state index in [4.69, 9.17) is 0 Å². The molecule has 0 aliphatic heterocycles. The van der Waals surface area contributed by atoms with E-state index in [1.54, 1.807) is 44.3 Å². The highest BCUT2D eigenvalue weighted by molar-refractivity contribution is 7.90. The second-order valence-electron chi connectivity index (χ2n) is 6.32. The van der Waals surface area contributed by atoms with Crippen molar-refractivity contribution in [2.75, 3.05) is 13.3 Å². The van der Waals surface area contributed by atoms with E-state index in [0.717, 1.165) is 11.8 Å². The predicted octanol–water partition coefficient (Wildman–Crippen LogP) is 3.69. The summed E-state index contributed by atoms with van der Waals surface area (Å²) in [4.78, 5) is 14.2. The number of halogens is 1. The van der Waals surface area contributed by atoms with Gasteiger partial charge in [0.2, 0.25) is 0 Å². The van der Waals surface area contributed by atoms with Crippen molar-refractivity contribution in [3.8, 4) is 0 Å². The summed E-state index contributed by atoms with van der Waals surface area (Å²) >= 11 is 0. The zero-order chi connectivity index (χ0) is 19.5. The van der Waals surface area contributed by atoms with Crippen molar-refractivity contribution in [3.05, 3.63) is 65.5 Å². The van der Waals surface area contributed by atoms with Crippen LogP contribution in [0, 0.1) is 5.82 Å². The fourth-order valence-corrected chi connectivity index (χ4v) is 3.21. The van der Waals surface area contributed by atoms with Gasteiger partial charge in [-0.25, -0.2) is 17.6 Å². The lowest BCUT2D eigenvalue weighted by Gasteiger charge is -2.27. The van der Waals surface area contributed by atoms with Crippen molar-refractivity contribution in [3.63, 3.8) is 0 Å². The molecule has 0 spiro atoms. The summed E-state index contributed by atoms with van der Waals surface area (Å²) < 4.78 is 36.9. The van der Waals surface area contributed by atoms with Gasteiger partial charge in [0.1, 0.15) is 5.82 Å². The maximum atomic E-state index is 13.8. The molecule has 7 heteroatoms. The van der Waals surface area contributed by atoms with Crippen LogP contribution in [0.25, 0.3) is 0 Å². The third kappa shape index (κ3) is 4.60. The maximum Gasteiger partial charge on any atom is 0.318 e. The average Bonchev–Trinajstić information content (AvgIpc) is 2.60. The molecule has 2 unspecified atom stereocenters. The molecule has 0 aliphatic carbocycles. The number of nitrogens with one attached hydrogen (secondary N) is 1. The van der Waals surface area contributed by atoms with Crippen molar-refractivity contribution >= 4 is 15.9 Å². The Morgan fingerprint density at radius 1 is 1.08 bits per heavy atom. The molecule has 0 aliphatic rings. The smallest absolute Gasteiger partial charge is 0.318 e. The van der Waals surface area contributed by atoms with Gasteiger partial charge in [-0.15, -0.1) is 0 Å². The van der Waals surface area contributed by atoms with Gasteiger partial charge in [0, 0.05) is 18.9 Å². The first-order chi connectivity index (χ1) is 12.1. The van der Waals surface area contributed by atoms with E-state index in [1.165, 1.54) is 23.1 Å². The van der Waals surface area contributed by atoms with E-state index in [9.17, 15) is 17.6 Å². The molecule has 0 heterocycles. The molecule has 0 radical (unpaired) electrons. The first kappa shape index (κ1) is 19.9. The summed E-state index contributed by atoms with van der Waals surface area (Å²) in [6, 6.07) is 11.6. The number of carbonyl (C=O) groups excluding carboxylic acids is 1. The number of hydrogen-bond acceptors (Lipinski definition) is 3. The number of amides is 2. The third-order valence-electron chi connectivity index (χ3n) is 4.40. The normalized spacial score (nSPS) is 13.7. The van der Waals surface area contributed by atoms with Gasteiger partial charge in [-0.3, -0.25) is 0 Å². The number of benzene rings is 2. The average molecular weight is 378 g/mol. The SMILES string of the molecule is CC(NC(=O)N(C)C(C)c1ccc(S(C)(=O)=O)cc1)c1ccccc1F. The summed E-state index contributed by atoms with van der Waals surface area (Å²) in [5.74, 6) is -0.368. The highest BCUT2D eigenvalue weighted by Gasteiger charge is 2.21. The van der Waals surface area contributed by atoms with Gasteiger partial charge in [-0.2, -0.15) is 0 Å². The molecule has 2 aromatic carbocycles. The first-order valence-electron chi connectivity index (χ1n) is 8.19. The lowest BCUT2D eigenvalue weighted by atomic mass is 10.1. The number of hydrogen-bond donors (Lipinski definition) is 1. The molecule has 2 rings (SSSR count). The number of sulfone groups is 1. The van der Waals surface area contributed by atoms with E-state index in [1.807, 2.05) is 6.92 Å². The first-order valence-corrected chi connectivity index (χ1v) is 10.1. The molecule has 0 saturated carbocycles. The van der Waals surface area contributed by atoms with Gasteiger partial charge in [0.25, 0.3) is 0 Å². The molecular formula is C19H23FN2O3S. The quantitative estimate of drug-likeness (QED) is 0.863. The fourth-order valence-electron chi connectivity index (χ4n) is 2.58. The molecule has 0 saturated heterocycles. The Morgan fingerprint density at radius 2 is 1.65 bits per heavy atom. The van der Waals surface area contributed by atoms with E-state index in [2.05, 4.69) is 5.32 Å². The minimum atomic E-state index is -3.26. The summed E-state index contributed by atoms with van der Waals surface area (Å²) in [5.41, 5.74) is 1.22. The molecule has 2 atom stereocenters. The summed E-state index contributed by atoms with van der Waals surface area (Å²) in [5, 5.41) is 2.77. The van der Waals surface area contributed by atoms with Gasteiger partial charge in [-0.05, 0) is 37.6 Å². The van der Waals surface area contributed by atoms with E-state index < -0.39 is 15.9 Å². The van der Waals surface area contributed by atoms with Crippen LogP contribution in [0.2, 0.25) is 0 Å². The van der Waals surface area contributed by atoms with Crippen molar-refractivity contribution in [2.24, 2.45) is 0 Å². The number of nitrogens with zero attached hydrogens (tertiary/aromatic N) is 1. The fraction of sp³-hybridized carbons (Fsp3) is 0.316. The third-order valence-corrected chi connectivity index (χ3v) is 5.53. The Morgan fingerprint density at radius 3 is 2.19 bits per heavy atom. The van der Waals surface area contributed by atoms with Gasteiger partial charge < -0.3 is 10.2 Å². The van der Waals surface area contributed by atoms with Crippen LogP contribution in [-0.2, 0) is 9.84 Å². The van der Waals surface area contributed by atoms with Crippen LogP contribution in [0.3, 0.4) is 0 Å². The summed E-state index contributed by atoms with van der Waals surface area (Å²) in [7, 11) is -1.62. The highest BCUT2D eigenvalue weighted by atomic mass is 32.2. The van der Waals surface area contributed by atoms with Gasteiger partial charge >= 0.3 is 6.03 Å². The Kier molecular flexibility index (Phi) is 6.02. The van der Waals surface area contributed by atoms with Gasteiger partial charge in [0.05, 0.1) is 17.0 Å². The number of urea groups is 1. The Labute approximate surface area is 153 Å². The van der Waals surface area contributed by atoms with Crippen molar-refractivity contribution < 1.29 is 17.6 Å². The Balaban J connectivity index is 2.08. The van der Waals surface area contributed by atoms with Gasteiger partial charge in [0.15, 0.2) is 9.84 Å². The molecular weight excluding hydrogens is 355 g/mol. The minimum absolute atomic E-state index is 0.230. The number of carbonyl (C=O) groups is 1. The molecule has 0 aromatic heterocycles. The maximum absolute atomic E-state index is 13.8. The number of rotatable bonds is 5. The standard InChI is InChI=1S/C19H23FN2O3S/c1-13(17-7-5-6-8-18(17)20)21-19(23)22(3)14(2)15-9-11-16(12-10-15)26(4,24)25/h5-14H,1-4H3,(H,21,23). The molecule has 0 bridgehead atoms. The van der Waals surface area contributed by atoms with E-state index >= 15 is 0 Å². The lowest BCUT2D eigenvalue weighted by Crippen LogP contribution is -2.40. The topological polar surface area (TPSA) is 66.5 Å². The molecule has 5 nitrogen and oxygen atoms in total. The Bertz CT molecular complexity index is 882. The molecule has 26 heavy (non-hydrogen) atoms. The summed E-state index contributed by atoms with van der Waals surface area (Å²) in [6.07, 6.45) is 1.15. The minimum Gasteiger partial charge on any atom is -0.331 e. The molecule has 140 valence electrons. The van der Waals surface area contributed by atoms with Crippen LogP contribution < -0.4 is 5.32 Å². The van der Waals surface area contributed by atoms with Crippen LogP contribution in [0.5, 0.6) is 0 Å². The summed E-state index contributed by atoms with van der Waals surface area (Å²) in [6.45, 7) is 3.55. The van der Waals surface area contributed by atoms with Crippen LogP contribution in [0.4, 0.5) is 9.18 Å². The molecule has 0 fully saturated rings. The van der Waals surface area contributed by atoms with Crippen molar-refractivity contribution in [2.45, 2.75) is 30.8 Å². The van der Waals surface area contributed by atoms with Crippen LogP contribution in [0.15, 0.2) is 53.4 Å². The Hall–Kier alpha value is -2.41. The van der Waals surface area contributed by atoms with E-state index in [-0.39, 0.29) is 22.8 Å². The molecule has 2 amide bonds. The largest absolute Gasteiger partial charge is 0.331 e. The van der Waals surface area contributed by atoms with Crippen molar-refractivity contribution in [1.82, 2.24) is 10.2 Å². The van der Waals surface area contributed by atoms with Crippen LogP contribution >= 0.6 is 0 Å². The molecule has 1 N–H and O–H groups in total. The zero-order valence-corrected chi connectivity index (χ0v) is 16.0. The monoisotopic (exact) mass is 378 g/mol. The van der Waals surface area contributed by atoms with Crippen LogP contribution in [-0.4, -0.2) is 32.7 Å². The molecule has 2 aromatic rings. The second kappa shape index (κ2) is 7.86. The lowest BCUT2D eigenvalue weighted by molar-refractivity contribution is 0.191. The van der Waals surface area contributed by atoms with Crippen molar-refractivity contribution in [1.29, 1.82) is 0 Å². The highest BCUT2D eigenvalue weighted by Crippen LogP contribution is 2.22. The zero-order valence-electron chi connectivity index (χ0n) is 15.2. The van der Waals surface area contributed by atoms with E-state index in [0.29, 0.717) is 5.56 Å². The predicted molar refractivity (Wildman–Crippen MR) is 99.1 cm³/mol. The second-order valence-corrected chi connectivity index (χ2v) is 8.34. The van der Waals surface area contributed by atoms with Crippen LogP contribution in [0.1, 0.15) is 37.1 Å².